The van der Waals surface area contributed by atoms with Gasteiger partial charge in [-0.2, -0.15) is 0 Å². The van der Waals surface area contributed by atoms with E-state index in [4.69, 9.17) is 0 Å². The molecular formula is C15H10F3NO2. The first-order valence-electron chi connectivity index (χ1n) is 6.12. The number of benzene rings is 2. The number of aromatic nitrogens is 1. The van der Waals surface area contributed by atoms with Crippen LogP contribution in [0.3, 0.4) is 0 Å². The summed E-state index contributed by atoms with van der Waals surface area (Å²) in [5.74, 6) is -0.670. The number of hydrogen-bond donors (Lipinski definition) is 0. The number of hydrogen-bond acceptors (Lipinski definition) is 2. The smallest absolute Gasteiger partial charge is 0.465 e. The lowest BCUT2D eigenvalue weighted by molar-refractivity contribution is -0.197. The lowest BCUT2D eigenvalue weighted by atomic mass is 10.1. The fourth-order valence-corrected chi connectivity index (χ4v) is 2.49. The molecule has 0 bridgehead atoms. The Hall–Kier alpha value is -2.50. The summed E-state index contributed by atoms with van der Waals surface area (Å²) >= 11 is 0. The van der Waals surface area contributed by atoms with Crippen molar-refractivity contribution in [3.05, 3.63) is 48.0 Å². The molecule has 0 saturated heterocycles. The first kappa shape index (κ1) is 13.5. The van der Waals surface area contributed by atoms with Crippen molar-refractivity contribution in [2.24, 2.45) is 0 Å². The summed E-state index contributed by atoms with van der Waals surface area (Å²) in [6, 6.07) is 10.4. The van der Waals surface area contributed by atoms with Crippen LogP contribution in [0.4, 0.5) is 13.2 Å². The molecule has 0 fully saturated rings. The van der Waals surface area contributed by atoms with Gasteiger partial charge in [0.05, 0.1) is 23.7 Å². The molecule has 2 aromatic carbocycles. The van der Waals surface area contributed by atoms with E-state index in [-0.39, 0.29) is 21.2 Å². The Bertz CT molecular complexity index is 849. The van der Waals surface area contributed by atoms with E-state index in [1.54, 1.807) is 18.2 Å². The average molecular weight is 293 g/mol. The lowest BCUT2D eigenvalue weighted by Gasteiger charge is -2.11. The number of para-hydroxylation sites is 1. The summed E-state index contributed by atoms with van der Waals surface area (Å²) in [6.45, 7) is 0. The van der Waals surface area contributed by atoms with Crippen molar-refractivity contribution in [2.45, 2.75) is 6.30 Å². The van der Waals surface area contributed by atoms with Crippen molar-refractivity contribution < 1.29 is 22.7 Å². The molecule has 21 heavy (non-hydrogen) atoms. The van der Waals surface area contributed by atoms with Crippen molar-refractivity contribution in [3.63, 3.8) is 0 Å². The van der Waals surface area contributed by atoms with Crippen molar-refractivity contribution in [2.75, 3.05) is 7.11 Å². The average Bonchev–Trinajstić information content (AvgIpc) is 2.79. The second-order valence-electron chi connectivity index (χ2n) is 4.54. The minimum absolute atomic E-state index is 0.0574. The summed E-state index contributed by atoms with van der Waals surface area (Å²) in [5.41, 5.74) is 0.0759. The number of nitrogens with zero attached hydrogens (tertiary/aromatic N) is 1. The third-order valence-electron chi connectivity index (χ3n) is 3.35. The van der Waals surface area contributed by atoms with Gasteiger partial charge in [0.1, 0.15) is 0 Å². The van der Waals surface area contributed by atoms with Gasteiger partial charge in [-0.15, -0.1) is 13.2 Å². The lowest BCUT2D eigenvalue weighted by Crippen LogP contribution is -2.16. The van der Waals surface area contributed by atoms with Gasteiger partial charge in [0.2, 0.25) is 0 Å². The molecule has 108 valence electrons. The van der Waals surface area contributed by atoms with Crippen LogP contribution in [-0.4, -0.2) is 17.6 Å². The van der Waals surface area contributed by atoms with E-state index in [0.29, 0.717) is 10.8 Å². The summed E-state index contributed by atoms with van der Waals surface area (Å²) in [7, 11) is 1.19. The fraction of sp³-hybridized carbons (Fsp3) is 0.133. The van der Waals surface area contributed by atoms with Crippen LogP contribution in [0.15, 0.2) is 42.5 Å². The molecule has 3 nitrogen and oxygen atoms in total. The van der Waals surface area contributed by atoms with Gasteiger partial charge in [-0.25, -0.2) is 4.79 Å². The first-order chi connectivity index (χ1) is 9.93. The first-order valence-corrected chi connectivity index (χ1v) is 6.12. The Morgan fingerprint density at radius 3 is 2.38 bits per heavy atom. The Labute approximate surface area is 117 Å². The Morgan fingerprint density at radius 2 is 1.71 bits per heavy atom. The number of halogens is 3. The molecule has 0 radical (unpaired) electrons. The highest BCUT2D eigenvalue weighted by molar-refractivity contribution is 6.09. The fourth-order valence-electron chi connectivity index (χ4n) is 2.49. The maximum atomic E-state index is 13.3. The standard InChI is InChI=1S/C15H10F3NO2/c1-21-14(20)9-6-7-11-10-4-2-3-5-12(10)19(13(11)8-9)15(16,17)18/h2-8H,1H3. The maximum absolute atomic E-state index is 13.3. The minimum atomic E-state index is -4.57. The molecule has 0 spiro atoms. The molecular weight excluding hydrogens is 283 g/mol. The summed E-state index contributed by atoms with van der Waals surface area (Å²) in [4.78, 5) is 11.5. The van der Waals surface area contributed by atoms with Gasteiger partial charge in [0.25, 0.3) is 0 Å². The normalized spacial score (nSPS) is 12.0. The van der Waals surface area contributed by atoms with E-state index in [9.17, 15) is 18.0 Å². The number of carbonyl (C=O) groups is 1. The predicted octanol–water partition coefficient (Wildman–Crippen LogP) is 4.06. The zero-order chi connectivity index (χ0) is 15.2. The molecule has 3 aromatic rings. The summed E-state index contributed by atoms with van der Waals surface area (Å²) < 4.78 is 44.9. The molecule has 0 saturated carbocycles. The molecule has 0 amide bonds. The topological polar surface area (TPSA) is 31.2 Å². The monoisotopic (exact) mass is 293 g/mol. The van der Waals surface area contributed by atoms with Crippen LogP contribution in [0.2, 0.25) is 0 Å². The molecule has 0 aliphatic carbocycles. The molecule has 0 aliphatic rings. The molecule has 0 atom stereocenters. The van der Waals surface area contributed by atoms with Crippen LogP contribution >= 0.6 is 0 Å². The maximum Gasteiger partial charge on any atom is 0.489 e. The van der Waals surface area contributed by atoms with Crippen LogP contribution in [0.25, 0.3) is 21.8 Å². The van der Waals surface area contributed by atoms with Crippen LogP contribution in [0, 0.1) is 0 Å². The third-order valence-corrected chi connectivity index (χ3v) is 3.35. The van der Waals surface area contributed by atoms with Gasteiger partial charge in [-0.1, -0.05) is 24.3 Å². The van der Waals surface area contributed by atoms with Crippen molar-refractivity contribution in [1.82, 2.24) is 4.57 Å². The Balaban J connectivity index is 2.45. The van der Waals surface area contributed by atoms with Crippen molar-refractivity contribution in [3.8, 4) is 0 Å². The van der Waals surface area contributed by atoms with E-state index in [0.717, 1.165) is 0 Å². The van der Waals surface area contributed by atoms with E-state index in [2.05, 4.69) is 4.74 Å². The number of methoxy groups -OCH3 is 1. The van der Waals surface area contributed by atoms with E-state index in [1.165, 1.54) is 31.4 Å². The molecule has 3 rings (SSSR count). The van der Waals surface area contributed by atoms with Crippen molar-refractivity contribution >= 4 is 27.8 Å². The molecule has 0 N–H and O–H groups in total. The summed E-state index contributed by atoms with van der Waals surface area (Å²) in [6.07, 6.45) is -4.57. The highest BCUT2D eigenvalue weighted by Gasteiger charge is 2.34. The van der Waals surface area contributed by atoms with Crippen LogP contribution in [0.1, 0.15) is 10.4 Å². The van der Waals surface area contributed by atoms with Crippen LogP contribution in [-0.2, 0) is 11.0 Å². The molecule has 0 aliphatic heterocycles. The van der Waals surface area contributed by atoms with Gasteiger partial charge < -0.3 is 4.74 Å². The Morgan fingerprint density at radius 1 is 1.05 bits per heavy atom. The number of fused-ring (bicyclic) bond motifs is 3. The van der Waals surface area contributed by atoms with Crippen LogP contribution < -0.4 is 0 Å². The quantitative estimate of drug-likeness (QED) is 0.634. The SMILES string of the molecule is COC(=O)c1ccc2c3ccccc3n(C(F)(F)F)c2c1. The molecule has 1 heterocycles. The second kappa shape index (κ2) is 4.51. The molecule has 1 aromatic heterocycles. The second-order valence-corrected chi connectivity index (χ2v) is 4.54. The van der Waals surface area contributed by atoms with Gasteiger partial charge in [-0.05, 0) is 18.2 Å². The van der Waals surface area contributed by atoms with E-state index in [1.807, 2.05) is 0 Å². The van der Waals surface area contributed by atoms with Gasteiger partial charge in [0, 0.05) is 10.8 Å². The van der Waals surface area contributed by atoms with Gasteiger partial charge in [-0.3, -0.25) is 4.57 Å². The largest absolute Gasteiger partial charge is 0.489 e. The minimum Gasteiger partial charge on any atom is -0.465 e. The Kier molecular flexibility index (Phi) is 2.90. The number of carbonyl (C=O) groups excluding carboxylic acids is 1. The predicted molar refractivity (Wildman–Crippen MR) is 72.1 cm³/mol. The van der Waals surface area contributed by atoms with E-state index < -0.39 is 12.3 Å². The van der Waals surface area contributed by atoms with Crippen LogP contribution in [0.5, 0.6) is 0 Å². The third kappa shape index (κ3) is 2.03. The zero-order valence-corrected chi connectivity index (χ0v) is 10.9. The van der Waals surface area contributed by atoms with Crippen molar-refractivity contribution in [1.29, 1.82) is 0 Å². The highest BCUT2D eigenvalue weighted by Crippen LogP contribution is 2.36. The molecule has 0 unspecified atom stereocenters. The molecule has 6 heteroatoms. The number of esters is 1. The highest BCUT2D eigenvalue weighted by atomic mass is 19.4. The van der Waals surface area contributed by atoms with Gasteiger partial charge >= 0.3 is 12.3 Å². The number of alkyl halides is 3. The van der Waals surface area contributed by atoms with E-state index >= 15 is 0 Å². The summed E-state index contributed by atoms with van der Waals surface area (Å²) in [5, 5.41) is 0.928. The number of rotatable bonds is 1. The zero-order valence-electron chi connectivity index (χ0n) is 10.9. The van der Waals surface area contributed by atoms with Gasteiger partial charge in [0.15, 0.2) is 0 Å². The number of ether oxygens (including phenoxy) is 1.